The van der Waals surface area contributed by atoms with E-state index < -0.39 is 10.0 Å². The fourth-order valence-electron chi connectivity index (χ4n) is 3.85. The summed E-state index contributed by atoms with van der Waals surface area (Å²) in [5, 5.41) is 3.02. The van der Waals surface area contributed by atoms with Crippen molar-refractivity contribution in [3.05, 3.63) is 94.5 Å². The molecule has 160 valence electrons. The van der Waals surface area contributed by atoms with Gasteiger partial charge < -0.3 is 5.32 Å². The van der Waals surface area contributed by atoms with E-state index in [1.54, 1.807) is 48.5 Å². The standard InChI is InChI=1S/C25H26N2O3S/c1-17-6-14-24(15-7-17)31(29,30)27-23-12-10-20(11-13-23)25(28)26-18(2)21-9-8-19-4-3-5-22(19)16-21/h6-16,18,27H,3-5H2,1-2H3,(H,26,28)/t18-/m1/s1. The average Bonchev–Trinajstić information content (AvgIpc) is 3.22. The molecule has 0 aliphatic heterocycles. The lowest BCUT2D eigenvalue weighted by atomic mass is 10.0. The maximum atomic E-state index is 12.7. The summed E-state index contributed by atoms with van der Waals surface area (Å²) in [6.07, 6.45) is 3.43. The van der Waals surface area contributed by atoms with Crippen LogP contribution >= 0.6 is 0 Å². The van der Waals surface area contributed by atoms with Crippen molar-refractivity contribution in [3.63, 3.8) is 0 Å². The smallest absolute Gasteiger partial charge is 0.261 e. The summed E-state index contributed by atoms with van der Waals surface area (Å²) in [4.78, 5) is 12.9. The first-order chi connectivity index (χ1) is 14.8. The molecule has 1 amide bonds. The Balaban J connectivity index is 1.41. The number of hydrogen-bond acceptors (Lipinski definition) is 3. The van der Waals surface area contributed by atoms with Crippen molar-refractivity contribution in [1.29, 1.82) is 0 Å². The molecule has 0 saturated carbocycles. The summed E-state index contributed by atoms with van der Waals surface area (Å²) in [6, 6.07) is 19.4. The normalized spacial score (nSPS) is 14.0. The number of sulfonamides is 1. The summed E-state index contributed by atoms with van der Waals surface area (Å²) in [7, 11) is -3.67. The Morgan fingerprint density at radius 3 is 2.29 bits per heavy atom. The van der Waals surface area contributed by atoms with E-state index in [1.165, 1.54) is 17.5 Å². The van der Waals surface area contributed by atoms with Crippen LogP contribution in [0.4, 0.5) is 5.69 Å². The summed E-state index contributed by atoms with van der Waals surface area (Å²) < 4.78 is 27.6. The molecule has 1 atom stereocenters. The Labute approximate surface area is 183 Å². The first kappa shape index (κ1) is 21.1. The Hall–Kier alpha value is -3.12. The van der Waals surface area contributed by atoms with Crippen LogP contribution < -0.4 is 10.0 Å². The van der Waals surface area contributed by atoms with Crippen LogP contribution in [0.2, 0.25) is 0 Å². The number of benzene rings is 3. The Morgan fingerprint density at radius 1 is 0.903 bits per heavy atom. The van der Waals surface area contributed by atoms with Crippen molar-refractivity contribution in [1.82, 2.24) is 5.32 Å². The number of nitrogens with one attached hydrogen (secondary N) is 2. The highest BCUT2D eigenvalue weighted by Gasteiger charge is 2.17. The molecule has 5 nitrogen and oxygen atoms in total. The second kappa shape index (κ2) is 8.55. The number of carbonyl (C=O) groups is 1. The van der Waals surface area contributed by atoms with E-state index >= 15 is 0 Å². The van der Waals surface area contributed by atoms with Gasteiger partial charge >= 0.3 is 0 Å². The lowest BCUT2D eigenvalue weighted by Crippen LogP contribution is -2.26. The van der Waals surface area contributed by atoms with E-state index in [-0.39, 0.29) is 16.8 Å². The minimum Gasteiger partial charge on any atom is -0.346 e. The van der Waals surface area contributed by atoms with Crippen LogP contribution in [0, 0.1) is 6.92 Å². The maximum Gasteiger partial charge on any atom is 0.261 e. The summed E-state index contributed by atoms with van der Waals surface area (Å²) >= 11 is 0. The second-order valence-electron chi connectivity index (χ2n) is 8.07. The third-order valence-electron chi connectivity index (χ3n) is 5.70. The highest BCUT2D eigenvalue weighted by molar-refractivity contribution is 7.92. The molecule has 31 heavy (non-hydrogen) atoms. The molecule has 2 N–H and O–H groups in total. The number of fused-ring (bicyclic) bond motifs is 1. The lowest BCUT2D eigenvalue weighted by Gasteiger charge is -2.16. The molecule has 1 aliphatic carbocycles. The van der Waals surface area contributed by atoms with E-state index in [0.29, 0.717) is 11.3 Å². The first-order valence-corrected chi connectivity index (χ1v) is 11.9. The summed E-state index contributed by atoms with van der Waals surface area (Å²) in [5.41, 5.74) is 5.75. The van der Waals surface area contributed by atoms with Gasteiger partial charge in [0, 0.05) is 11.3 Å². The average molecular weight is 435 g/mol. The Kier molecular flexibility index (Phi) is 5.83. The monoisotopic (exact) mass is 434 g/mol. The summed E-state index contributed by atoms with van der Waals surface area (Å²) in [5.74, 6) is -0.194. The zero-order valence-corrected chi connectivity index (χ0v) is 18.5. The molecule has 0 unspecified atom stereocenters. The zero-order chi connectivity index (χ0) is 22.0. The molecular formula is C25H26N2O3S. The van der Waals surface area contributed by atoms with Crippen molar-refractivity contribution < 1.29 is 13.2 Å². The topological polar surface area (TPSA) is 75.3 Å². The van der Waals surface area contributed by atoms with Crippen LogP contribution in [0.15, 0.2) is 71.6 Å². The van der Waals surface area contributed by atoms with E-state index in [4.69, 9.17) is 0 Å². The van der Waals surface area contributed by atoms with Gasteiger partial charge in [-0.15, -0.1) is 0 Å². The highest BCUT2D eigenvalue weighted by atomic mass is 32.2. The predicted molar refractivity (Wildman–Crippen MR) is 123 cm³/mol. The largest absolute Gasteiger partial charge is 0.346 e. The SMILES string of the molecule is Cc1ccc(S(=O)(=O)Nc2ccc(C(=O)N[C@H](C)c3ccc4c(c3)CCC4)cc2)cc1. The number of amides is 1. The molecule has 3 aromatic rings. The van der Waals surface area contributed by atoms with Crippen LogP contribution in [0.25, 0.3) is 0 Å². The van der Waals surface area contributed by atoms with Crippen LogP contribution in [0.5, 0.6) is 0 Å². The van der Waals surface area contributed by atoms with Crippen LogP contribution in [0.3, 0.4) is 0 Å². The third-order valence-corrected chi connectivity index (χ3v) is 7.10. The fourth-order valence-corrected chi connectivity index (χ4v) is 4.90. The zero-order valence-electron chi connectivity index (χ0n) is 17.7. The van der Waals surface area contributed by atoms with E-state index in [9.17, 15) is 13.2 Å². The molecule has 0 radical (unpaired) electrons. The Morgan fingerprint density at radius 2 is 1.58 bits per heavy atom. The lowest BCUT2D eigenvalue weighted by molar-refractivity contribution is 0.0940. The number of aryl methyl sites for hydroxylation is 3. The van der Waals surface area contributed by atoms with E-state index in [2.05, 4.69) is 28.2 Å². The van der Waals surface area contributed by atoms with E-state index in [0.717, 1.165) is 24.0 Å². The number of carbonyl (C=O) groups excluding carboxylic acids is 1. The number of anilines is 1. The van der Waals surface area contributed by atoms with Crippen molar-refractivity contribution in [2.75, 3.05) is 4.72 Å². The number of rotatable bonds is 6. The van der Waals surface area contributed by atoms with Crippen LogP contribution in [-0.2, 0) is 22.9 Å². The Bertz CT molecular complexity index is 1200. The van der Waals surface area contributed by atoms with Gasteiger partial charge in [0.25, 0.3) is 15.9 Å². The molecule has 0 bridgehead atoms. The van der Waals surface area contributed by atoms with Gasteiger partial charge in [-0.1, -0.05) is 35.9 Å². The molecule has 0 saturated heterocycles. The van der Waals surface area contributed by atoms with Gasteiger partial charge in [0.15, 0.2) is 0 Å². The van der Waals surface area contributed by atoms with Gasteiger partial charge in [-0.05, 0) is 86.2 Å². The van der Waals surface area contributed by atoms with Crippen molar-refractivity contribution in [2.24, 2.45) is 0 Å². The van der Waals surface area contributed by atoms with Crippen molar-refractivity contribution >= 4 is 21.6 Å². The second-order valence-corrected chi connectivity index (χ2v) is 9.76. The summed E-state index contributed by atoms with van der Waals surface area (Å²) in [6.45, 7) is 3.87. The van der Waals surface area contributed by atoms with Gasteiger partial charge in [0.1, 0.15) is 0 Å². The van der Waals surface area contributed by atoms with Crippen LogP contribution in [0.1, 0.15) is 52.0 Å². The highest BCUT2D eigenvalue weighted by Crippen LogP contribution is 2.25. The van der Waals surface area contributed by atoms with Gasteiger partial charge in [-0.3, -0.25) is 9.52 Å². The maximum absolute atomic E-state index is 12.7. The molecule has 0 heterocycles. The van der Waals surface area contributed by atoms with Gasteiger partial charge in [-0.2, -0.15) is 0 Å². The van der Waals surface area contributed by atoms with Crippen LogP contribution in [-0.4, -0.2) is 14.3 Å². The molecule has 4 rings (SSSR count). The van der Waals surface area contributed by atoms with Crippen molar-refractivity contribution in [3.8, 4) is 0 Å². The van der Waals surface area contributed by atoms with E-state index in [1.807, 2.05) is 13.8 Å². The minimum absolute atomic E-state index is 0.113. The van der Waals surface area contributed by atoms with Gasteiger partial charge in [0.05, 0.1) is 10.9 Å². The molecule has 1 aliphatic rings. The predicted octanol–water partition coefficient (Wildman–Crippen LogP) is 4.78. The number of hydrogen-bond donors (Lipinski definition) is 2. The third kappa shape index (κ3) is 4.80. The molecule has 0 aromatic heterocycles. The fraction of sp³-hybridized carbons (Fsp3) is 0.240. The molecule has 6 heteroatoms. The first-order valence-electron chi connectivity index (χ1n) is 10.4. The molecular weight excluding hydrogens is 408 g/mol. The minimum atomic E-state index is -3.67. The van der Waals surface area contributed by atoms with Gasteiger partial charge in [-0.25, -0.2) is 8.42 Å². The molecule has 3 aromatic carbocycles. The van der Waals surface area contributed by atoms with Gasteiger partial charge in [0.2, 0.25) is 0 Å². The quantitative estimate of drug-likeness (QED) is 0.586. The molecule has 0 spiro atoms. The van der Waals surface area contributed by atoms with Crippen molar-refractivity contribution in [2.45, 2.75) is 44.0 Å². The molecule has 0 fully saturated rings.